The Morgan fingerprint density at radius 3 is 2.65 bits per heavy atom. The van der Waals surface area contributed by atoms with E-state index in [9.17, 15) is 18.0 Å². The largest absolute Gasteiger partial charge is 0.379 e. The summed E-state index contributed by atoms with van der Waals surface area (Å²) in [5, 5.41) is 5.68. The summed E-state index contributed by atoms with van der Waals surface area (Å²) in [6.45, 7) is 4.50. The van der Waals surface area contributed by atoms with Crippen LogP contribution in [-0.4, -0.2) is 26.7 Å². The van der Waals surface area contributed by atoms with Crippen LogP contribution in [0.4, 0.5) is 0 Å². The van der Waals surface area contributed by atoms with Gasteiger partial charge in [0.05, 0.1) is 5.56 Å². The van der Waals surface area contributed by atoms with Crippen LogP contribution in [0.15, 0.2) is 58.8 Å². The molecule has 0 radical (unpaired) electrons. The molecule has 3 fully saturated rings. The van der Waals surface area contributed by atoms with Gasteiger partial charge in [-0.15, -0.1) is 11.3 Å². The van der Waals surface area contributed by atoms with Crippen LogP contribution < -0.4 is 9.50 Å². The third-order valence-corrected chi connectivity index (χ3v) is 10.0. The second-order valence-corrected chi connectivity index (χ2v) is 12.4. The summed E-state index contributed by atoms with van der Waals surface area (Å²) in [6.07, 6.45) is 3.44. The second-order valence-electron chi connectivity index (χ2n) is 9.92. The summed E-state index contributed by atoms with van der Waals surface area (Å²) in [4.78, 5) is 24.7. The number of hydrogen-bond acceptors (Lipinski definition) is 6. The van der Waals surface area contributed by atoms with Gasteiger partial charge >= 0.3 is 10.1 Å². The van der Waals surface area contributed by atoms with Crippen molar-refractivity contribution in [2.75, 3.05) is 0 Å². The number of rotatable bonds is 7. The van der Waals surface area contributed by atoms with Crippen LogP contribution in [0, 0.1) is 23.2 Å². The van der Waals surface area contributed by atoms with E-state index in [1.54, 1.807) is 41.8 Å². The van der Waals surface area contributed by atoms with E-state index in [-0.39, 0.29) is 33.9 Å². The molecule has 0 spiro atoms. The summed E-state index contributed by atoms with van der Waals surface area (Å²) in [7, 11) is -3.98. The number of nitrogens with one attached hydrogen (secondary N) is 1. The van der Waals surface area contributed by atoms with E-state index in [4.69, 9.17) is 4.18 Å². The number of amides is 1. The van der Waals surface area contributed by atoms with Crippen molar-refractivity contribution in [2.45, 2.75) is 44.0 Å². The highest BCUT2D eigenvalue weighted by Crippen LogP contribution is 2.61. The van der Waals surface area contributed by atoms with Crippen molar-refractivity contribution in [1.82, 2.24) is 5.32 Å². The molecule has 1 aromatic heterocycles. The van der Waals surface area contributed by atoms with E-state index in [0.29, 0.717) is 29.2 Å². The lowest BCUT2D eigenvalue weighted by atomic mass is 9.44. The Hall–Kier alpha value is -2.71. The van der Waals surface area contributed by atoms with Crippen LogP contribution in [-0.2, 0) is 14.9 Å². The van der Waals surface area contributed by atoms with E-state index in [1.165, 1.54) is 23.5 Å². The van der Waals surface area contributed by atoms with Crippen LogP contribution in [0.2, 0.25) is 0 Å². The van der Waals surface area contributed by atoms with Crippen molar-refractivity contribution in [3.8, 4) is 5.75 Å². The van der Waals surface area contributed by atoms with Crippen LogP contribution in [0.5, 0.6) is 5.75 Å². The first kappa shape index (κ1) is 23.1. The van der Waals surface area contributed by atoms with Crippen molar-refractivity contribution < 1.29 is 22.2 Å². The molecule has 8 heteroatoms. The van der Waals surface area contributed by atoms with Crippen LogP contribution in [0.25, 0.3) is 10.1 Å². The number of carbonyl (C=O) groups excluding carboxylic acids is 2. The third kappa shape index (κ3) is 3.92. The van der Waals surface area contributed by atoms with Crippen molar-refractivity contribution in [3.63, 3.8) is 0 Å². The molecule has 0 unspecified atom stereocenters. The molecule has 3 aliphatic carbocycles. The van der Waals surface area contributed by atoms with E-state index >= 15 is 0 Å². The molecular formula is C26H27NO5S2. The summed E-state index contributed by atoms with van der Waals surface area (Å²) in [5.74, 6) is 1.06. The zero-order valence-corrected chi connectivity index (χ0v) is 20.7. The van der Waals surface area contributed by atoms with Crippen LogP contribution >= 0.6 is 11.3 Å². The monoisotopic (exact) mass is 497 g/mol. The molecule has 3 saturated carbocycles. The van der Waals surface area contributed by atoms with E-state index in [0.717, 1.165) is 23.8 Å². The minimum absolute atomic E-state index is 0.0504. The molecule has 178 valence electrons. The quantitative estimate of drug-likeness (QED) is 0.365. The van der Waals surface area contributed by atoms with E-state index in [1.807, 2.05) is 0 Å². The molecule has 3 aromatic rings. The van der Waals surface area contributed by atoms with Gasteiger partial charge in [-0.25, -0.2) is 0 Å². The average Bonchev–Trinajstić information content (AvgIpc) is 3.23. The molecule has 0 saturated heterocycles. The van der Waals surface area contributed by atoms with Crippen LogP contribution in [0.3, 0.4) is 0 Å². The van der Waals surface area contributed by atoms with E-state index < -0.39 is 10.1 Å². The highest BCUT2D eigenvalue weighted by Gasteiger charge is 2.57. The van der Waals surface area contributed by atoms with Gasteiger partial charge in [0.15, 0.2) is 0 Å². The summed E-state index contributed by atoms with van der Waals surface area (Å²) >= 11 is 1.43. The number of carbonyl (C=O) groups is 2. The third-order valence-electron chi connectivity index (χ3n) is 7.80. The van der Waals surface area contributed by atoms with Gasteiger partial charge in [0.25, 0.3) is 5.91 Å². The summed E-state index contributed by atoms with van der Waals surface area (Å²) in [5.41, 5.74) is 0.646. The second kappa shape index (κ2) is 8.50. The molecule has 34 heavy (non-hydrogen) atoms. The Bertz CT molecular complexity index is 1350. The molecule has 6 rings (SSSR count). The molecule has 2 aromatic carbocycles. The van der Waals surface area contributed by atoms with Crippen molar-refractivity contribution in [1.29, 1.82) is 0 Å². The first-order valence-electron chi connectivity index (χ1n) is 11.5. The van der Waals surface area contributed by atoms with Gasteiger partial charge < -0.3 is 14.3 Å². The number of hydrogen-bond donors (Lipinski definition) is 1. The minimum atomic E-state index is -3.98. The topological polar surface area (TPSA) is 89.5 Å². The minimum Gasteiger partial charge on any atom is -0.379 e. The zero-order chi connectivity index (χ0) is 24.1. The zero-order valence-electron chi connectivity index (χ0n) is 19.1. The van der Waals surface area contributed by atoms with Gasteiger partial charge in [0, 0.05) is 27.9 Å². The molecule has 0 aliphatic heterocycles. The van der Waals surface area contributed by atoms with Gasteiger partial charge in [0.2, 0.25) is 0 Å². The number of benzene rings is 2. The molecule has 1 N–H and O–H groups in total. The SMILES string of the molecule is CC1(C)[C@H]2C[C@H](CC=O)[C@@H](NC(=O)c3csc4ccc(OS(=O)(=O)c5ccccc5)cc34)[C@@H]1C2. The molecule has 4 atom stereocenters. The summed E-state index contributed by atoms with van der Waals surface area (Å²) < 4.78 is 31.5. The lowest BCUT2D eigenvalue weighted by Gasteiger charge is -2.62. The Morgan fingerprint density at radius 1 is 1.18 bits per heavy atom. The highest BCUT2D eigenvalue weighted by atomic mass is 32.2. The van der Waals surface area contributed by atoms with Gasteiger partial charge in [-0.05, 0) is 66.3 Å². The maximum absolute atomic E-state index is 13.4. The predicted molar refractivity (Wildman–Crippen MR) is 132 cm³/mol. The first-order chi connectivity index (χ1) is 16.2. The lowest BCUT2D eigenvalue weighted by Crippen LogP contribution is -2.63. The molecule has 6 nitrogen and oxygen atoms in total. The summed E-state index contributed by atoms with van der Waals surface area (Å²) in [6, 6.07) is 12.9. The normalized spacial score (nSPS) is 25.4. The fourth-order valence-corrected chi connectivity index (χ4v) is 7.58. The fraction of sp³-hybridized carbons (Fsp3) is 0.385. The number of thiophene rings is 1. The lowest BCUT2D eigenvalue weighted by molar-refractivity contribution is -0.123. The molecule has 2 bridgehead atoms. The molecule has 1 amide bonds. The Morgan fingerprint density at radius 2 is 1.94 bits per heavy atom. The van der Waals surface area contributed by atoms with Crippen LogP contribution in [0.1, 0.15) is 43.5 Å². The molecule has 1 heterocycles. The smallest absolute Gasteiger partial charge is 0.339 e. The van der Waals surface area contributed by atoms with Gasteiger partial charge in [-0.2, -0.15) is 8.42 Å². The van der Waals surface area contributed by atoms with E-state index in [2.05, 4.69) is 19.2 Å². The van der Waals surface area contributed by atoms with Crippen molar-refractivity contribution in [2.24, 2.45) is 23.2 Å². The number of fused-ring (bicyclic) bond motifs is 3. The number of aldehydes is 1. The maximum atomic E-state index is 13.4. The van der Waals surface area contributed by atoms with Gasteiger partial charge in [-0.3, -0.25) is 4.79 Å². The maximum Gasteiger partial charge on any atom is 0.339 e. The Kier molecular flexibility index (Phi) is 5.76. The van der Waals surface area contributed by atoms with Gasteiger partial charge in [0.1, 0.15) is 16.9 Å². The highest BCUT2D eigenvalue weighted by molar-refractivity contribution is 7.87. The predicted octanol–water partition coefficient (Wildman–Crippen LogP) is 5.04. The Labute approximate surface area is 203 Å². The van der Waals surface area contributed by atoms with Crippen molar-refractivity contribution >= 4 is 43.7 Å². The Balaban J connectivity index is 1.40. The molecular weight excluding hydrogens is 470 g/mol. The standard InChI is InChI=1S/C26H27NO5S2/c1-26(2)17-12-16(10-11-28)24(22(26)13-17)27-25(29)21-15-33-23-9-8-18(14-20(21)23)32-34(30,31)19-6-4-3-5-7-19/h3-9,11,14-17,22,24H,10,12-13H2,1-2H3,(H,27,29)/t16-,17-,22-,24+/m0/s1. The van der Waals surface area contributed by atoms with Gasteiger partial charge in [-0.1, -0.05) is 32.0 Å². The van der Waals surface area contributed by atoms with Crippen molar-refractivity contribution in [3.05, 3.63) is 59.5 Å². The first-order valence-corrected chi connectivity index (χ1v) is 13.7. The average molecular weight is 498 g/mol. The fourth-order valence-electron chi connectivity index (χ4n) is 5.72. The molecule has 3 aliphatic rings.